The molecule has 0 aromatic heterocycles. The second-order valence-corrected chi connectivity index (χ2v) is 9.19. The van der Waals surface area contributed by atoms with Crippen LogP contribution in [0.1, 0.15) is 42.9 Å². The Hall–Kier alpha value is -4.13. The summed E-state index contributed by atoms with van der Waals surface area (Å²) >= 11 is 0. The van der Waals surface area contributed by atoms with Crippen LogP contribution in [-0.4, -0.2) is 41.3 Å². The molecule has 0 saturated carbocycles. The summed E-state index contributed by atoms with van der Waals surface area (Å²) in [5, 5.41) is 14.9. The molecule has 0 radical (unpaired) electrons. The third kappa shape index (κ3) is 5.25. The van der Waals surface area contributed by atoms with E-state index in [1.165, 1.54) is 0 Å². The topological polar surface area (TPSA) is 105 Å². The van der Waals surface area contributed by atoms with E-state index in [9.17, 15) is 19.5 Å². The Labute approximate surface area is 210 Å². The molecule has 0 fully saturated rings. The fourth-order valence-electron chi connectivity index (χ4n) is 4.53. The van der Waals surface area contributed by atoms with Gasteiger partial charge in [-0.1, -0.05) is 85.8 Å². The molecular formula is C29H30N2O5. The number of hydrogen-bond donors (Lipinski definition) is 3. The van der Waals surface area contributed by atoms with Crippen LogP contribution in [0.3, 0.4) is 0 Å². The first kappa shape index (κ1) is 25.0. The third-order valence-electron chi connectivity index (χ3n) is 6.82. The van der Waals surface area contributed by atoms with Gasteiger partial charge in [0.05, 0.1) is 0 Å². The molecule has 0 heterocycles. The van der Waals surface area contributed by atoms with Gasteiger partial charge in [-0.05, 0) is 41.2 Å². The van der Waals surface area contributed by atoms with Crippen molar-refractivity contribution in [2.75, 3.05) is 6.61 Å². The molecular weight excluding hydrogens is 456 g/mol. The van der Waals surface area contributed by atoms with Gasteiger partial charge in [0, 0.05) is 12.3 Å². The van der Waals surface area contributed by atoms with Crippen LogP contribution in [0, 0.1) is 0 Å². The average molecular weight is 487 g/mol. The number of rotatable bonds is 9. The Bertz CT molecular complexity index is 1210. The number of ether oxygens (including phenoxy) is 1. The molecule has 2 amide bonds. The molecule has 3 N–H and O–H groups in total. The molecule has 0 unspecified atom stereocenters. The van der Waals surface area contributed by atoms with Crippen LogP contribution in [0.5, 0.6) is 0 Å². The number of hydrogen-bond acceptors (Lipinski definition) is 4. The molecule has 2 atom stereocenters. The highest BCUT2D eigenvalue weighted by atomic mass is 16.5. The molecule has 0 spiro atoms. The maximum absolute atomic E-state index is 13.1. The Morgan fingerprint density at radius 1 is 0.917 bits per heavy atom. The predicted octanol–water partition coefficient (Wildman–Crippen LogP) is 4.51. The average Bonchev–Trinajstić information content (AvgIpc) is 3.21. The van der Waals surface area contributed by atoms with Gasteiger partial charge in [-0.25, -0.2) is 9.59 Å². The molecule has 36 heavy (non-hydrogen) atoms. The smallest absolute Gasteiger partial charge is 0.408 e. The lowest BCUT2D eigenvalue weighted by Crippen LogP contribution is -2.59. The van der Waals surface area contributed by atoms with Crippen LogP contribution >= 0.6 is 0 Å². The number of carboxylic acids is 1. The zero-order valence-electron chi connectivity index (χ0n) is 20.4. The van der Waals surface area contributed by atoms with Crippen LogP contribution in [-0.2, 0) is 20.7 Å². The van der Waals surface area contributed by atoms with E-state index in [0.717, 1.165) is 27.8 Å². The summed E-state index contributed by atoms with van der Waals surface area (Å²) in [4.78, 5) is 37.7. The third-order valence-corrected chi connectivity index (χ3v) is 6.82. The number of fused-ring (bicyclic) bond motifs is 3. The van der Waals surface area contributed by atoms with Crippen LogP contribution in [0.25, 0.3) is 11.1 Å². The lowest BCUT2D eigenvalue weighted by atomic mass is 9.96. The number of carbonyl (C=O) groups is 3. The minimum Gasteiger partial charge on any atom is -0.480 e. The number of benzene rings is 3. The molecule has 7 heteroatoms. The Kier molecular flexibility index (Phi) is 7.38. The Balaban J connectivity index is 1.41. The van der Waals surface area contributed by atoms with Crippen molar-refractivity contribution in [1.82, 2.24) is 10.6 Å². The highest BCUT2D eigenvalue weighted by Crippen LogP contribution is 2.44. The van der Waals surface area contributed by atoms with Crippen LogP contribution in [0.4, 0.5) is 4.79 Å². The summed E-state index contributed by atoms with van der Waals surface area (Å²) < 4.78 is 5.59. The van der Waals surface area contributed by atoms with Crippen LogP contribution < -0.4 is 10.6 Å². The second-order valence-electron chi connectivity index (χ2n) is 9.19. The molecule has 3 aromatic carbocycles. The quantitative estimate of drug-likeness (QED) is 0.413. The van der Waals surface area contributed by atoms with Gasteiger partial charge in [0.15, 0.2) is 0 Å². The van der Waals surface area contributed by atoms with Crippen molar-refractivity contribution < 1.29 is 24.2 Å². The molecule has 4 rings (SSSR count). The van der Waals surface area contributed by atoms with Crippen LogP contribution in [0.15, 0.2) is 78.9 Å². The van der Waals surface area contributed by atoms with Gasteiger partial charge in [0.25, 0.3) is 0 Å². The standard InChI is InChI=1S/C29H30N2O5/c1-3-29(2,27(34)30-25(26(32)33)17-19-11-5-4-6-12-19)31-28(35)36-18-24-22-15-9-7-13-20(22)21-14-8-10-16-23(21)24/h4-16,24-25H,3,17-18H2,1-2H3,(H,30,34)(H,31,35)(H,32,33)/t25-,29-/m0/s1. The van der Waals surface area contributed by atoms with E-state index < -0.39 is 29.6 Å². The molecule has 1 aliphatic rings. The number of carboxylic acid groups (broad SMARTS) is 1. The van der Waals surface area contributed by atoms with Gasteiger partial charge in [0.2, 0.25) is 5.91 Å². The van der Waals surface area contributed by atoms with E-state index in [-0.39, 0.29) is 25.4 Å². The normalized spacial score (nSPS) is 14.6. The largest absolute Gasteiger partial charge is 0.480 e. The lowest BCUT2D eigenvalue weighted by molar-refractivity contribution is -0.142. The zero-order valence-corrected chi connectivity index (χ0v) is 20.4. The molecule has 7 nitrogen and oxygen atoms in total. The fraction of sp³-hybridized carbons (Fsp3) is 0.276. The highest BCUT2D eigenvalue weighted by molar-refractivity contribution is 5.92. The number of nitrogens with one attached hydrogen (secondary N) is 2. The van der Waals surface area contributed by atoms with Crippen molar-refractivity contribution in [3.05, 3.63) is 95.6 Å². The van der Waals surface area contributed by atoms with Crippen molar-refractivity contribution in [1.29, 1.82) is 0 Å². The maximum Gasteiger partial charge on any atom is 0.408 e. The lowest BCUT2D eigenvalue weighted by Gasteiger charge is -2.29. The second kappa shape index (κ2) is 10.6. The SMILES string of the molecule is CC[C@](C)(NC(=O)OCC1c2ccccc2-c2ccccc21)C(=O)N[C@@H](Cc1ccccc1)C(=O)O. The summed E-state index contributed by atoms with van der Waals surface area (Å²) in [6, 6.07) is 24.0. The van der Waals surface area contributed by atoms with Gasteiger partial charge < -0.3 is 20.5 Å². The zero-order chi connectivity index (χ0) is 25.7. The number of amides is 2. The van der Waals surface area contributed by atoms with Gasteiger partial charge in [-0.2, -0.15) is 0 Å². The number of aliphatic carboxylic acids is 1. The minimum absolute atomic E-state index is 0.105. The summed E-state index contributed by atoms with van der Waals surface area (Å²) in [7, 11) is 0. The van der Waals surface area contributed by atoms with E-state index in [1.807, 2.05) is 54.6 Å². The van der Waals surface area contributed by atoms with Gasteiger partial charge >= 0.3 is 12.1 Å². The van der Waals surface area contributed by atoms with Gasteiger partial charge in [0.1, 0.15) is 18.2 Å². The molecule has 3 aromatic rings. The fourth-order valence-corrected chi connectivity index (χ4v) is 4.53. The van der Waals surface area contributed by atoms with E-state index >= 15 is 0 Å². The summed E-state index contributed by atoms with van der Waals surface area (Å²) in [5.74, 6) is -1.83. The van der Waals surface area contributed by atoms with Crippen molar-refractivity contribution in [3.8, 4) is 11.1 Å². The van der Waals surface area contributed by atoms with Crippen molar-refractivity contribution in [2.24, 2.45) is 0 Å². The summed E-state index contributed by atoms with van der Waals surface area (Å²) in [5.41, 5.74) is 3.87. The maximum atomic E-state index is 13.1. The van der Waals surface area contributed by atoms with Gasteiger partial charge in [-0.3, -0.25) is 4.79 Å². The molecule has 186 valence electrons. The molecule has 0 bridgehead atoms. The van der Waals surface area contributed by atoms with Crippen molar-refractivity contribution in [3.63, 3.8) is 0 Å². The number of carbonyl (C=O) groups excluding carboxylic acids is 2. The molecule has 0 aliphatic heterocycles. The first-order chi connectivity index (χ1) is 17.3. The van der Waals surface area contributed by atoms with Crippen LogP contribution in [0.2, 0.25) is 0 Å². The first-order valence-corrected chi connectivity index (χ1v) is 12.0. The van der Waals surface area contributed by atoms with E-state index in [1.54, 1.807) is 26.0 Å². The number of alkyl carbamates (subject to hydrolysis) is 1. The monoisotopic (exact) mass is 486 g/mol. The minimum atomic E-state index is -1.34. The first-order valence-electron chi connectivity index (χ1n) is 12.0. The van der Waals surface area contributed by atoms with E-state index in [0.29, 0.717) is 0 Å². The molecule has 1 aliphatic carbocycles. The van der Waals surface area contributed by atoms with E-state index in [2.05, 4.69) is 22.8 Å². The van der Waals surface area contributed by atoms with Gasteiger partial charge in [-0.15, -0.1) is 0 Å². The predicted molar refractivity (Wildman–Crippen MR) is 137 cm³/mol. The van der Waals surface area contributed by atoms with Crippen molar-refractivity contribution in [2.45, 2.75) is 44.2 Å². The Morgan fingerprint density at radius 3 is 2.03 bits per heavy atom. The molecule has 0 saturated heterocycles. The van der Waals surface area contributed by atoms with Crippen molar-refractivity contribution >= 4 is 18.0 Å². The summed E-state index contributed by atoms with van der Waals surface area (Å²) in [6.07, 6.45) is -0.348. The summed E-state index contributed by atoms with van der Waals surface area (Å²) in [6.45, 7) is 3.43. The highest BCUT2D eigenvalue weighted by Gasteiger charge is 2.37. The van der Waals surface area contributed by atoms with E-state index in [4.69, 9.17) is 4.74 Å². The Morgan fingerprint density at radius 2 is 1.47 bits per heavy atom.